The maximum Gasteiger partial charge on any atom is 0.449 e. The van der Waals surface area contributed by atoms with Gasteiger partial charge in [-0.05, 0) is 44.0 Å². The summed E-state index contributed by atoms with van der Waals surface area (Å²) >= 11 is 17.8. The highest BCUT2D eigenvalue weighted by atomic mass is 35.6. The molecule has 0 aliphatic carbocycles. The Bertz CT molecular complexity index is 924. The van der Waals surface area contributed by atoms with E-state index in [-0.39, 0.29) is 17.2 Å². The molecule has 156 valence electrons. The van der Waals surface area contributed by atoms with Crippen LogP contribution in [-0.4, -0.2) is 21.7 Å². The van der Waals surface area contributed by atoms with Gasteiger partial charge in [0.25, 0.3) is 3.79 Å². The van der Waals surface area contributed by atoms with E-state index in [0.29, 0.717) is 11.1 Å². The molecule has 4 nitrogen and oxygen atoms in total. The van der Waals surface area contributed by atoms with Crippen molar-refractivity contribution >= 4 is 46.3 Å². The van der Waals surface area contributed by atoms with E-state index in [4.69, 9.17) is 44.3 Å². The zero-order valence-electron chi connectivity index (χ0n) is 15.5. The first-order valence-electron chi connectivity index (χ1n) is 8.38. The van der Waals surface area contributed by atoms with E-state index < -0.39 is 21.7 Å². The Morgan fingerprint density at radius 1 is 0.966 bits per heavy atom. The Hall–Kier alpha value is -1.83. The van der Waals surface area contributed by atoms with Crippen LogP contribution in [0.25, 0.3) is 0 Å². The van der Waals surface area contributed by atoms with Crippen molar-refractivity contribution in [2.45, 2.75) is 36.7 Å². The van der Waals surface area contributed by atoms with Gasteiger partial charge in [0.05, 0.1) is 0 Å². The average molecular weight is 468 g/mol. The summed E-state index contributed by atoms with van der Waals surface area (Å²) in [7, 11) is 0. The highest BCUT2D eigenvalue weighted by molar-refractivity contribution is 6.68. The molecular weight excluding hydrogens is 452 g/mol. The zero-order chi connectivity index (χ0) is 21.6. The highest BCUT2D eigenvalue weighted by Gasteiger charge is 2.60. The van der Waals surface area contributed by atoms with E-state index in [0.717, 1.165) is 5.56 Å². The molecule has 0 unspecified atom stereocenters. The third kappa shape index (κ3) is 4.37. The molecule has 1 aliphatic heterocycles. The molecule has 29 heavy (non-hydrogen) atoms. The molecule has 0 spiro atoms. The molecule has 0 saturated carbocycles. The Kier molecular flexibility index (Phi) is 5.62. The smallest absolute Gasteiger partial charge is 0.427 e. The van der Waals surface area contributed by atoms with E-state index in [2.05, 4.69) is 10.3 Å². The van der Waals surface area contributed by atoms with Crippen LogP contribution in [0, 0.1) is 20.8 Å². The monoisotopic (exact) mass is 466 g/mol. The Labute approximate surface area is 180 Å². The molecule has 2 aromatic carbocycles. The minimum Gasteiger partial charge on any atom is -0.427 e. The van der Waals surface area contributed by atoms with Crippen molar-refractivity contribution in [1.29, 1.82) is 0 Å². The molecular formula is C19H16Cl3F3N2O2. The van der Waals surface area contributed by atoms with Crippen LogP contribution < -0.4 is 14.8 Å². The minimum atomic E-state index is -4.91. The number of aryl methyl sites for hydroxylation is 3. The first kappa shape index (κ1) is 21.9. The van der Waals surface area contributed by atoms with Gasteiger partial charge in [-0.2, -0.15) is 18.2 Å². The Morgan fingerprint density at radius 2 is 1.45 bits per heavy atom. The molecule has 0 atom stereocenters. The number of halogens is 6. The van der Waals surface area contributed by atoms with Gasteiger partial charge in [-0.15, -0.1) is 0 Å². The molecule has 0 saturated heterocycles. The predicted octanol–water partition coefficient (Wildman–Crippen LogP) is 6.48. The van der Waals surface area contributed by atoms with Gasteiger partial charge < -0.3 is 14.8 Å². The van der Waals surface area contributed by atoms with Crippen molar-refractivity contribution in [2.24, 2.45) is 4.99 Å². The number of nitrogens with one attached hydrogen (secondary N) is 1. The predicted molar refractivity (Wildman–Crippen MR) is 108 cm³/mol. The van der Waals surface area contributed by atoms with Crippen LogP contribution in [-0.2, 0) is 0 Å². The van der Waals surface area contributed by atoms with Crippen molar-refractivity contribution in [1.82, 2.24) is 0 Å². The molecule has 0 aromatic heterocycles. The highest BCUT2D eigenvalue weighted by Crippen LogP contribution is 2.50. The van der Waals surface area contributed by atoms with Crippen LogP contribution in [0.15, 0.2) is 41.4 Å². The van der Waals surface area contributed by atoms with Crippen LogP contribution in [0.2, 0.25) is 0 Å². The molecule has 2 aromatic rings. The lowest BCUT2D eigenvalue weighted by Crippen LogP contribution is -2.51. The van der Waals surface area contributed by atoms with Crippen LogP contribution in [0.4, 0.5) is 18.9 Å². The number of aliphatic imine (C=N–C) groups is 1. The molecule has 1 heterocycles. The lowest BCUT2D eigenvalue weighted by atomic mass is 10.1. The van der Waals surface area contributed by atoms with Crippen molar-refractivity contribution in [3.8, 4) is 11.5 Å². The second-order valence-electron chi connectivity index (χ2n) is 6.59. The minimum absolute atomic E-state index is 0.104. The maximum atomic E-state index is 13.9. The van der Waals surface area contributed by atoms with Gasteiger partial charge in [-0.1, -0.05) is 64.6 Å². The quantitative estimate of drug-likeness (QED) is 0.312. The van der Waals surface area contributed by atoms with Gasteiger partial charge in [-0.3, -0.25) is 0 Å². The van der Waals surface area contributed by atoms with Gasteiger partial charge in [0, 0.05) is 5.69 Å². The number of fused-ring (bicyclic) bond motifs is 1. The molecule has 3 rings (SSSR count). The molecule has 10 heteroatoms. The summed E-state index contributed by atoms with van der Waals surface area (Å²) in [4.78, 5) is 3.60. The number of para-hydroxylation sites is 2. The van der Waals surface area contributed by atoms with Crippen molar-refractivity contribution in [3.63, 3.8) is 0 Å². The normalized spacial score (nSPS) is 16.1. The van der Waals surface area contributed by atoms with Crippen molar-refractivity contribution < 1.29 is 22.6 Å². The molecule has 0 amide bonds. The third-order valence-corrected chi connectivity index (χ3v) is 4.87. The number of alkyl halides is 6. The average Bonchev–Trinajstić information content (AvgIpc) is 2.95. The second kappa shape index (κ2) is 7.45. The molecule has 0 radical (unpaired) electrons. The fourth-order valence-corrected chi connectivity index (χ4v) is 3.33. The molecule has 0 bridgehead atoms. The summed E-state index contributed by atoms with van der Waals surface area (Å²) in [6.07, 6.45) is -4.91. The van der Waals surface area contributed by atoms with Gasteiger partial charge in [-0.25, -0.2) is 0 Å². The number of hydrogen-bond donors (Lipinski definition) is 1. The van der Waals surface area contributed by atoms with Gasteiger partial charge in [0.15, 0.2) is 11.5 Å². The van der Waals surface area contributed by atoms with E-state index in [1.807, 2.05) is 6.92 Å². The van der Waals surface area contributed by atoms with Crippen LogP contribution >= 0.6 is 34.8 Å². The van der Waals surface area contributed by atoms with E-state index in [1.54, 1.807) is 38.1 Å². The number of amidine groups is 1. The fourth-order valence-electron chi connectivity index (χ4n) is 2.97. The lowest BCUT2D eigenvalue weighted by Gasteiger charge is -2.30. The second-order valence-corrected chi connectivity index (χ2v) is 8.87. The fraction of sp³-hybridized carbons (Fsp3) is 0.316. The third-order valence-electron chi connectivity index (χ3n) is 4.15. The molecule has 1 N–H and O–H groups in total. The number of rotatable bonds is 2. The largest absolute Gasteiger partial charge is 0.449 e. The number of hydrogen-bond acceptors (Lipinski definition) is 3. The lowest BCUT2D eigenvalue weighted by molar-refractivity contribution is -0.0821. The first-order valence-corrected chi connectivity index (χ1v) is 9.51. The van der Waals surface area contributed by atoms with E-state index >= 15 is 0 Å². The number of ether oxygens (including phenoxy) is 2. The van der Waals surface area contributed by atoms with Crippen molar-refractivity contribution in [3.05, 3.63) is 53.1 Å². The Balaban J connectivity index is 2.11. The van der Waals surface area contributed by atoms with Crippen molar-refractivity contribution in [2.75, 3.05) is 5.32 Å². The summed E-state index contributed by atoms with van der Waals surface area (Å²) in [5.41, 5.74) is 2.34. The number of benzene rings is 2. The topological polar surface area (TPSA) is 42.9 Å². The maximum absolute atomic E-state index is 13.9. The van der Waals surface area contributed by atoms with Crippen LogP contribution in [0.5, 0.6) is 11.5 Å². The summed E-state index contributed by atoms with van der Waals surface area (Å²) in [6, 6.07) is 9.62. The van der Waals surface area contributed by atoms with Crippen LogP contribution in [0.1, 0.15) is 16.7 Å². The summed E-state index contributed by atoms with van der Waals surface area (Å²) in [5.74, 6) is -3.78. The summed E-state index contributed by atoms with van der Waals surface area (Å²) < 4.78 is 50.0. The number of nitrogens with zero attached hydrogens (tertiary/aromatic N) is 1. The van der Waals surface area contributed by atoms with E-state index in [9.17, 15) is 13.2 Å². The summed E-state index contributed by atoms with van der Waals surface area (Å²) in [6.45, 7) is 5.21. The van der Waals surface area contributed by atoms with Crippen LogP contribution in [0.3, 0.4) is 0 Å². The first-order chi connectivity index (χ1) is 13.3. The zero-order valence-corrected chi connectivity index (χ0v) is 17.8. The Morgan fingerprint density at radius 3 is 1.86 bits per heavy atom. The molecule has 1 aliphatic rings. The SMILES string of the molecule is Cc1cc(C)c(NC(=NC2(C(Cl)(Cl)Cl)Oc3ccccc3O2)C(F)(F)F)c(C)c1. The standard InChI is InChI=1S/C19H16Cl3F3N2O2/c1-10-8-11(2)15(12(3)9-10)26-16(17(23,24)25)27-19(18(20,21)22)28-13-6-4-5-7-14(13)29-19/h4-9H,1-3H3,(H,26,27). The van der Waals surface area contributed by atoms with Gasteiger partial charge in [0.1, 0.15) is 0 Å². The summed E-state index contributed by atoms with van der Waals surface area (Å²) in [5, 5.41) is 2.32. The number of anilines is 1. The molecule has 0 fully saturated rings. The van der Waals surface area contributed by atoms with Gasteiger partial charge in [0.2, 0.25) is 5.84 Å². The van der Waals surface area contributed by atoms with E-state index in [1.165, 1.54) is 12.1 Å². The van der Waals surface area contributed by atoms with Gasteiger partial charge >= 0.3 is 12.1 Å².